The molecule has 0 aliphatic carbocycles. The van der Waals surface area contributed by atoms with E-state index in [-0.39, 0.29) is 5.91 Å². The molecule has 1 saturated heterocycles. The monoisotopic (exact) mass is 315 g/mol. The van der Waals surface area contributed by atoms with E-state index in [4.69, 9.17) is 0 Å². The summed E-state index contributed by atoms with van der Waals surface area (Å²) >= 11 is 2.28. The zero-order chi connectivity index (χ0) is 10.7. The molecule has 1 fully saturated rings. The summed E-state index contributed by atoms with van der Waals surface area (Å²) in [6.07, 6.45) is 4.04. The third kappa shape index (κ3) is 2.71. The second-order valence-corrected chi connectivity index (χ2v) is 5.08. The Hall–Kier alpha value is -0.580. The number of amides is 1. The molecule has 1 aromatic carbocycles. The predicted octanol–water partition coefficient (Wildman–Crippen LogP) is 3.20. The zero-order valence-corrected chi connectivity index (χ0v) is 10.7. The summed E-state index contributed by atoms with van der Waals surface area (Å²) in [5.41, 5.74) is 1.05. The summed E-state index contributed by atoms with van der Waals surface area (Å²) in [6, 6.07) is 8.15. The van der Waals surface area contributed by atoms with E-state index in [1.165, 1.54) is 9.99 Å². The lowest BCUT2D eigenvalue weighted by Crippen LogP contribution is -2.29. The highest BCUT2D eigenvalue weighted by Gasteiger charge is 2.17. The molecule has 0 radical (unpaired) electrons. The first-order valence-corrected chi connectivity index (χ1v) is 6.41. The first kappa shape index (κ1) is 10.9. The van der Waals surface area contributed by atoms with E-state index in [9.17, 15) is 4.79 Å². The number of hydrogen-bond acceptors (Lipinski definition) is 1. The molecule has 1 aliphatic heterocycles. The van der Waals surface area contributed by atoms with Crippen molar-refractivity contribution in [3.8, 4) is 0 Å². The van der Waals surface area contributed by atoms with Crippen LogP contribution in [0.1, 0.15) is 25.7 Å². The molecule has 0 atom stereocenters. The Morgan fingerprint density at radius 2 is 2.07 bits per heavy atom. The maximum Gasteiger partial charge on any atom is 0.226 e. The van der Waals surface area contributed by atoms with Crippen molar-refractivity contribution in [1.29, 1.82) is 0 Å². The molecule has 0 N–H and O–H groups in total. The van der Waals surface area contributed by atoms with Crippen molar-refractivity contribution in [3.63, 3.8) is 0 Å². The van der Waals surface area contributed by atoms with Crippen molar-refractivity contribution in [2.45, 2.75) is 25.7 Å². The smallest absolute Gasteiger partial charge is 0.226 e. The summed E-state index contributed by atoms with van der Waals surface area (Å²) in [6.45, 7) is 0.874. The van der Waals surface area contributed by atoms with E-state index >= 15 is 0 Å². The van der Waals surface area contributed by atoms with Crippen molar-refractivity contribution in [3.05, 3.63) is 27.8 Å². The Balaban J connectivity index is 2.24. The molecule has 3 heteroatoms. The highest BCUT2D eigenvalue weighted by molar-refractivity contribution is 14.1. The van der Waals surface area contributed by atoms with E-state index in [2.05, 4.69) is 28.7 Å². The molecule has 0 unspecified atom stereocenters. The molecule has 0 aromatic heterocycles. The number of hydrogen-bond donors (Lipinski definition) is 0. The Morgan fingerprint density at radius 3 is 2.87 bits per heavy atom. The molecule has 1 amide bonds. The fourth-order valence-electron chi connectivity index (χ4n) is 1.90. The second-order valence-electron chi connectivity index (χ2n) is 3.84. The van der Waals surface area contributed by atoms with Gasteiger partial charge in [-0.1, -0.05) is 12.5 Å². The molecule has 0 saturated carbocycles. The van der Waals surface area contributed by atoms with Crippen LogP contribution in [0, 0.1) is 3.57 Å². The van der Waals surface area contributed by atoms with Crippen molar-refractivity contribution in [1.82, 2.24) is 0 Å². The summed E-state index contributed by atoms with van der Waals surface area (Å²) in [5, 5.41) is 0. The number of carbonyl (C=O) groups is 1. The van der Waals surface area contributed by atoms with Crippen molar-refractivity contribution < 1.29 is 4.79 Å². The van der Waals surface area contributed by atoms with E-state index in [0.717, 1.165) is 25.1 Å². The van der Waals surface area contributed by atoms with Gasteiger partial charge >= 0.3 is 0 Å². The van der Waals surface area contributed by atoms with Crippen molar-refractivity contribution in [2.75, 3.05) is 11.4 Å². The fraction of sp³-hybridized carbons (Fsp3) is 0.417. The minimum Gasteiger partial charge on any atom is -0.312 e. The second kappa shape index (κ2) is 4.96. The summed E-state index contributed by atoms with van der Waals surface area (Å²) < 4.78 is 1.18. The van der Waals surface area contributed by atoms with Crippen molar-refractivity contribution >= 4 is 34.2 Å². The quantitative estimate of drug-likeness (QED) is 0.729. The van der Waals surface area contributed by atoms with E-state index < -0.39 is 0 Å². The van der Waals surface area contributed by atoms with Crippen LogP contribution in [-0.4, -0.2) is 12.5 Å². The van der Waals surface area contributed by atoms with Gasteiger partial charge in [-0.3, -0.25) is 4.79 Å². The molecule has 1 aliphatic rings. The molecule has 2 nitrogen and oxygen atoms in total. The van der Waals surface area contributed by atoms with Crippen LogP contribution in [0.25, 0.3) is 0 Å². The highest BCUT2D eigenvalue weighted by Crippen LogP contribution is 2.21. The topological polar surface area (TPSA) is 20.3 Å². The summed E-state index contributed by atoms with van der Waals surface area (Å²) in [5.74, 6) is 0.273. The Labute approximate surface area is 104 Å². The van der Waals surface area contributed by atoms with E-state index in [0.29, 0.717) is 6.42 Å². The van der Waals surface area contributed by atoms with E-state index in [1.54, 1.807) is 0 Å². The molecule has 0 bridgehead atoms. The van der Waals surface area contributed by atoms with Crippen LogP contribution in [-0.2, 0) is 4.79 Å². The van der Waals surface area contributed by atoms with Gasteiger partial charge < -0.3 is 4.90 Å². The van der Waals surface area contributed by atoms with Gasteiger partial charge in [0.25, 0.3) is 0 Å². The Kier molecular flexibility index (Phi) is 3.61. The first-order chi connectivity index (χ1) is 7.27. The van der Waals surface area contributed by atoms with Gasteiger partial charge in [-0.25, -0.2) is 0 Å². The van der Waals surface area contributed by atoms with Gasteiger partial charge in [-0.2, -0.15) is 0 Å². The number of carbonyl (C=O) groups excluding carboxylic acids is 1. The average molecular weight is 315 g/mol. The van der Waals surface area contributed by atoms with Gasteiger partial charge in [0.2, 0.25) is 5.91 Å². The SMILES string of the molecule is O=C1CCCCCN1c1cccc(I)c1. The lowest BCUT2D eigenvalue weighted by molar-refractivity contribution is -0.118. The molecule has 80 valence electrons. The number of benzene rings is 1. The fourth-order valence-corrected chi connectivity index (χ4v) is 2.43. The van der Waals surface area contributed by atoms with Gasteiger partial charge in [-0.05, 0) is 53.6 Å². The van der Waals surface area contributed by atoms with Crippen molar-refractivity contribution in [2.24, 2.45) is 0 Å². The maximum atomic E-state index is 11.8. The van der Waals surface area contributed by atoms with Gasteiger partial charge in [0.05, 0.1) is 0 Å². The zero-order valence-electron chi connectivity index (χ0n) is 8.58. The largest absolute Gasteiger partial charge is 0.312 e. The number of halogens is 1. The lowest BCUT2D eigenvalue weighted by Gasteiger charge is -2.20. The molecular formula is C12H14INO. The number of anilines is 1. The normalized spacial score (nSPS) is 17.7. The molecule has 1 aromatic rings. The summed E-state index contributed by atoms with van der Waals surface area (Å²) in [4.78, 5) is 13.8. The minimum absolute atomic E-state index is 0.273. The lowest BCUT2D eigenvalue weighted by atomic mass is 10.2. The van der Waals surface area contributed by atoms with E-state index in [1.807, 2.05) is 23.1 Å². The van der Waals surface area contributed by atoms with Crippen LogP contribution in [0.2, 0.25) is 0 Å². The van der Waals surface area contributed by atoms with Crippen LogP contribution in [0.5, 0.6) is 0 Å². The third-order valence-corrected chi connectivity index (χ3v) is 3.36. The highest BCUT2D eigenvalue weighted by atomic mass is 127. The summed E-state index contributed by atoms with van der Waals surface area (Å²) in [7, 11) is 0. The van der Waals surface area contributed by atoms with Crippen LogP contribution in [0.3, 0.4) is 0 Å². The molecule has 2 rings (SSSR count). The first-order valence-electron chi connectivity index (χ1n) is 5.33. The minimum atomic E-state index is 0.273. The molecule has 15 heavy (non-hydrogen) atoms. The number of rotatable bonds is 1. The maximum absolute atomic E-state index is 11.8. The molecule has 0 spiro atoms. The van der Waals surface area contributed by atoms with Crippen LogP contribution in [0.15, 0.2) is 24.3 Å². The van der Waals surface area contributed by atoms with Crippen LogP contribution < -0.4 is 4.90 Å². The van der Waals surface area contributed by atoms with Gasteiger partial charge in [0.1, 0.15) is 0 Å². The number of nitrogens with zero attached hydrogens (tertiary/aromatic N) is 1. The predicted molar refractivity (Wildman–Crippen MR) is 70.0 cm³/mol. The van der Waals surface area contributed by atoms with Gasteiger partial charge in [0, 0.05) is 22.2 Å². The van der Waals surface area contributed by atoms with Crippen LogP contribution >= 0.6 is 22.6 Å². The molecule has 1 heterocycles. The Bertz CT molecular complexity index is 364. The third-order valence-electron chi connectivity index (χ3n) is 2.69. The Morgan fingerprint density at radius 1 is 1.20 bits per heavy atom. The standard InChI is InChI=1S/C12H14INO/c13-10-5-4-6-11(9-10)14-8-3-1-2-7-12(14)15/h4-6,9H,1-3,7-8H2. The van der Waals surface area contributed by atoms with Gasteiger partial charge in [0.15, 0.2) is 0 Å². The average Bonchev–Trinajstić information content (AvgIpc) is 2.43. The van der Waals surface area contributed by atoms with Gasteiger partial charge in [-0.15, -0.1) is 0 Å². The van der Waals surface area contributed by atoms with Crippen LogP contribution in [0.4, 0.5) is 5.69 Å². The molecular weight excluding hydrogens is 301 g/mol.